The quantitative estimate of drug-likeness (QED) is 0.728. The Morgan fingerprint density at radius 1 is 1.50 bits per heavy atom. The monoisotopic (exact) mass is 244 g/mol. The number of nitrogens with one attached hydrogen (secondary N) is 2. The molecule has 1 aromatic rings. The number of hydrogen-bond donors (Lipinski definition) is 2. The maximum Gasteiger partial charge on any atom is 0.343 e. The molecule has 0 aromatic carbocycles. The van der Waals surface area contributed by atoms with E-state index in [-0.39, 0.29) is 5.69 Å². The minimum Gasteiger partial charge on any atom is -0.314 e. The van der Waals surface area contributed by atoms with Gasteiger partial charge in [-0.15, -0.1) is 5.10 Å². The minimum absolute atomic E-state index is 0.157. The molecule has 0 saturated carbocycles. The largest absolute Gasteiger partial charge is 0.343 e. The summed E-state index contributed by atoms with van der Waals surface area (Å²) in [7, 11) is 1.73. The second-order valence-corrected chi connectivity index (χ2v) is 5.34. The molecule has 0 bridgehead atoms. The van der Waals surface area contributed by atoms with Gasteiger partial charge < -0.3 is 5.32 Å². The van der Waals surface area contributed by atoms with Gasteiger partial charge in [0.1, 0.15) is 0 Å². The van der Waals surface area contributed by atoms with Gasteiger partial charge >= 0.3 is 5.69 Å². The van der Waals surface area contributed by atoms with E-state index in [2.05, 4.69) is 36.3 Å². The molecule has 92 valence electrons. The molecule has 0 spiro atoms. The summed E-state index contributed by atoms with van der Waals surface area (Å²) in [6.07, 6.45) is 0. The summed E-state index contributed by atoms with van der Waals surface area (Å²) in [4.78, 5) is 11.1. The van der Waals surface area contributed by atoms with Gasteiger partial charge in [0.2, 0.25) is 0 Å². The fourth-order valence-corrected chi connectivity index (χ4v) is 2.11. The van der Waals surface area contributed by atoms with Gasteiger partial charge in [0.05, 0.1) is 0 Å². The predicted molar refractivity (Wildman–Crippen MR) is 66.9 cm³/mol. The Bertz CT molecular complexity index is 371. The summed E-state index contributed by atoms with van der Waals surface area (Å²) in [5.41, 5.74) is -0.157. The Labute approximate surface area is 100 Å². The first-order valence-corrected chi connectivity index (χ1v) is 6.46. The van der Waals surface area contributed by atoms with E-state index in [0.29, 0.717) is 12.0 Å². The molecule has 6 heteroatoms. The molecule has 0 aliphatic carbocycles. The summed E-state index contributed by atoms with van der Waals surface area (Å²) < 4.78 is 1.53. The smallest absolute Gasteiger partial charge is 0.314 e. The lowest BCUT2D eigenvalue weighted by Crippen LogP contribution is -2.28. The lowest BCUT2D eigenvalue weighted by atomic mass is 10.2. The Morgan fingerprint density at radius 2 is 2.19 bits per heavy atom. The highest BCUT2D eigenvalue weighted by Gasteiger charge is 2.08. The summed E-state index contributed by atoms with van der Waals surface area (Å²) in [6.45, 7) is 7.45. The van der Waals surface area contributed by atoms with E-state index in [9.17, 15) is 4.79 Å². The molecule has 16 heavy (non-hydrogen) atoms. The molecular formula is C10H20N4OS. The minimum atomic E-state index is -0.157. The van der Waals surface area contributed by atoms with Crippen LogP contribution in [-0.2, 0) is 7.05 Å². The van der Waals surface area contributed by atoms with E-state index in [4.69, 9.17) is 0 Å². The lowest BCUT2D eigenvalue weighted by Gasteiger charge is -2.13. The molecule has 0 radical (unpaired) electrons. The third-order valence-corrected chi connectivity index (χ3v) is 3.57. The first-order valence-electron chi connectivity index (χ1n) is 5.48. The van der Waals surface area contributed by atoms with Crippen molar-refractivity contribution < 1.29 is 0 Å². The van der Waals surface area contributed by atoms with Crippen molar-refractivity contribution >= 4 is 11.8 Å². The fourth-order valence-electron chi connectivity index (χ4n) is 1.17. The zero-order valence-corrected chi connectivity index (χ0v) is 11.1. The van der Waals surface area contributed by atoms with Crippen molar-refractivity contribution in [3.63, 3.8) is 0 Å². The molecule has 1 rings (SSSR count). The third-order valence-electron chi connectivity index (χ3n) is 2.21. The van der Waals surface area contributed by atoms with Crippen molar-refractivity contribution in [2.75, 3.05) is 12.3 Å². The van der Waals surface area contributed by atoms with Gasteiger partial charge in [0.15, 0.2) is 5.16 Å². The average Bonchev–Trinajstić information content (AvgIpc) is 2.54. The van der Waals surface area contributed by atoms with E-state index in [1.807, 2.05) is 0 Å². The summed E-state index contributed by atoms with van der Waals surface area (Å²) in [6, 6.07) is 0.516. The van der Waals surface area contributed by atoms with Crippen LogP contribution in [0.5, 0.6) is 0 Å². The van der Waals surface area contributed by atoms with Crippen molar-refractivity contribution in [1.82, 2.24) is 20.1 Å². The highest BCUT2D eigenvalue weighted by molar-refractivity contribution is 7.99. The number of aromatic amines is 1. The van der Waals surface area contributed by atoms with Crippen molar-refractivity contribution in [2.24, 2.45) is 13.0 Å². The number of aromatic nitrogens is 3. The Hall–Kier alpha value is -0.750. The van der Waals surface area contributed by atoms with Crippen molar-refractivity contribution in [2.45, 2.75) is 32.0 Å². The fraction of sp³-hybridized carbons (Fsp3) is 0.800. The zero-order chi connectivity index (χ0) is 12.1. The normalized spacial score (nSPS) is 13.3. The van der Waals surface area contributed by atoms with Crippen LogP contribution < -0.4 is 11.0 Å². The molecule has 1 unspecified atom stereocenters. The van der Waals surface area contributed by atoms with Crippen LogP contribution in [0, 0.1) is 5.92 Å². The molecule has 1 atom stereocenters. The van der Waals surface area contributed by atoms with Crippen LogP contribution in [0.15, 0.2) is 9.95 Å². The number of hydrogen-bond acceptors (Lipinski definition) is 4. The Balaban J connectivity index is 2.34. The summed E-state index contributed by atoms with van der Waals surface area (Å²) in [5.74, 6) is 1.51. The van der Waals surface area contributed by atoms with Crippen molar-refractivity contribution in [3.8, 4) is 0 Å². The van der Waals surface area contributed by atoms with Gasteiger partial charge in [-0.25, -0.2) is 9.89 Å². The molecular weight excluding hydrogens is 224 g/mol. The molecule has 1 heterocycles. The second-order valence-electron chi connectivity index (χ2n) is 4.35. The highest BCUT2D eigenvalue weighted by Crippen LogP contribution is 2.15. The molecule has 1 aromatic heterocycles. The molecule has 5 nitrogen and oxygen atoms in total. The Kier molecular flexibility index (Phi) is 5.08. The summed E-state index contributed by atoms with van der Waals surface area (Å²) >= 11 is 1.61. The zero-order valence-electron chi connectivity index (χ0n) is 10.3. The summed E-state index contributed by atoms with van der Waals surface area (Å²) in [5, 5.41) is 10.5. The number of rotatable bonds is 6. The van der Waals surface area contributed by atoms with E-state index >= 15 is 0 Å². The van der Waals surface area contributed by atoms with Crippen molar-refractivity contribution in [1.29, 1.82) is 0 Å². The van der Waals surface area contributed by atoms with Crippen LogP contribution in [0.3, 0.4) is 0 Å². The van der Waals surface area contributed by atoms with Gasteiger partial charge in [0, 0.05) is 18.8 Å². The van der Waals surface area contributed by atoms with Gasteiger partial charge in [-0.2, -0.15) is 0 Å². The molecule has 0 saturated heterocycles. The van der Waals surface area contributed by atoms with E-state index < -0.39 is 0 Å². The van der Waals surface area contributed by atoms with E-state index in [1.54, 1.807) is 18.8 Å². The third kappa shape index (κ3) is 4.02. The van der Waals surface area contributed by atoms with Gasteiger partial charge in [-0.05, 0) is 12.5 Å². The molecule has 0 fully saturated rings. The van der Waals surface area contributed by atoms with E-state index in [0.717, 1.165) is 17.5 Å². The molecule has 2 N–H and O–H groups in total. The first-order chi connectivity index (χ1) is 7.50. The standard InChI is InChI=1S/C10H20N4OS/c1-7(2)11-5-8(3)6-16-10-13-12-9(15)14(10)4/h7-8,11H,5-6H2,1-4H3,(H,12,15). The van der Waals surface area contributed by atoms with Gasteiger partial charge in [0.25, 0.3) is 0 Å². The SMILES string of the molecule is CC(CNC(C)C)CSc1n[nH]c(=O)n1C. The topological polar surface area (TPSA) is 62.7 Å². The number of thioether (sulfide) groups is 1. The number of nitrogens with zero attached hydrogens (tertiary/aromatic N) is 2. The van der Waals surface area contributed by atoms with Crippen LogP contribution >= 0.6 is 11.8 Å². The van der Waals surface area contributed by atoms with Crippen LogP contribution in [0.4, 0.5) is 0 Å². The lowest BCUT2D eigenvalue weighted by molar-refractivity contribution is 0.509. The maximum atomic E-state index is 11.1. The van der Waals surface area contributed by atoms with Crippen LogP contribution in [-0.4, -0.2) is 33.1 Å². The van der Waals surface area contributed by atoms with Gasteiger partial charge in [-0.3, -0.25) is 4.57 Å². The predicted octanol–water partition coefficient (Wildman–Crippen LogP) is 0.835. The molecule has 0 aliphatic rings. The van der Waals surface area contributed by atoms with Crippen LogP contribution in [0.25, 0.3) is 0 Å². The maximum absolute atomic E-state index is 11.1. The van der Waals surface area contributed by atoms with Crippen LogP contribution in [0.1, 0.15) is 20.8 Å². The Morgan fingerprint density at radius 3 is 2.69 bits per heavy atom. The number of H-pyrrole nitrogens is 1. The van der Waals surface area contributed by atoms with Gasteiger partial charge in [-0.1, -0.05) is 32.5 Å². The molecule has 0 amide bonds. The van der Waals surface area contributed by atoms with Crippen LogP contribution in [0.2, 0.25) is 0 Å². The average molecular weight is 244 g/mol. The van der Waals surface area contributed by atoms with E-state index in [1.165, 1.54) is 4.57 Å². The highest BCUT2D eigenvalue weighted by atomic mass is 32.2. The molecule has 0 aliphatic heterocycles. The second kappa shape index (κ2) is 6.10. The van der Waals surface area contributed by atoms with Crippen molar-refractivity contribution in [3.05, 3.63) is 10.5 Å². The first kappa shape index (κ1) is 13.3.